The van der Waals surface area contributed by atoms with E-state index in [4.69, 9.17) is 0 Å². The molecule has 126 valence electrons. The second-order valence-electron chi connectivity index (χ2n) is 6.89. The third kappa shape index (κ3) is 3.93. The van der Waals surface area contributed by atoms with Crippen molar-refractivity contribution in [3.63, 3.8) is 0 Å². The minimum absolute atomic E-state index is 0. The quantitative estimate of drug-likeness (QED) is 0.806. The first-order chi connectivity index (χ1) is 10.1. The average molecular weight is 330 g/mol. The number of carbonyl (C=O) groups is 2. The summed E-state index contributed by atoms with van der Waals surface area (Å²) in [4.78, 5) is 25.6. The number of hydrogen-bond donors (Lipinski definition) is 2. The van der Waals surface area contributed by atoms with E-state index in [-0.39, 0.29) is 36.3 Å². The molecule has 0 aromatic carbocycles. The zero-order valence-electron chi connectivity index (χ0n) is 13.3. The summed E-state index contributed by atoms with van der Waals surface area (Å²) in [7, 11) is 0. The maximum absolute atomic E-state index is 12.4. The topological polar surface area (TPSA) is 61.4 Å². The van der Waals surface area contributed by atoms with Crippen LogP contribution in [0.2, 0.25) is 0 Å². The fourth-order valence-electron chi connectivity index (χ4n) is 4.16. The fraction of sp³-hybridized carbons (Fsp3) is 0.875. The van der Waals surface area contributed by atoms with Crippen molar-refractivity contribution >= 4 is 24.2 Å². The van der Waals surface area contributed by atoms with Crippen LogP contribution >= 0.6 is 12.4 Å². The smallest absolute Gasteiger partial charge is 0.237 e. The van der Waals surface area contributed by atoms with Gasteiger partial charge in [0, 0.05) is 32.1 Å². The van der Waals surface area contributed by atoms with E-state index >= 15 is 0 Å². The monoisotopic (exact) mass is 329 g/mol. The molecule has 2 amide bonds. The lowest BCUT2D eigenvalue weighted by atomic mass is 9.85. The average Bonchev–Trinajstić information content (AvgIpc) is 2.92. The van der Waals surface area contributed by atoms with Gasteiger partial charge >= 0.3 is 0 Å². The summed E-state index contributed by atoms with van der Waals surface area (Å²) >= 11 is 0. The molecule has 0 aromatic rings. The summed E-state index contributed by atoms with van der Waals surface area (Å²) in [6, 6.07) is 0.801. The largest absolute Gasteiger partial charge is 0.352 e. The molecule has 3 aliphatic rings. The molecule has 3 atom stereocenters. The molecule has 0 radical (unpaired) electrons. The second-order valence-corrected chi connectivity index (χ2v) is 6.89. The number of likely N-dealkylation sites (tertiary alicyclic amines) is 1. The Morgan fingerprint density at radius 1 is 1.09 bits per heavy atom. The number of fused-ring (bicyclic) bond motifs is 1. The summed E-state index contributed by atoms with van der Waals surface area (Å²) < 4.78 is 0. The molecule has 2 N–H and O–H groups in total. The van der Waals surface area contributed by atoms with Crippen LogP contribution in [0.5, 0.6) is 0 Å². The molecule has 2 aliphatic heterocycles. The first-order valence-electron chi connectivity index (χ1n) is 8.45. The molecule has 1 saturated carbocycles. The van der Waals surface area contributed by atoms with Crippen LogP contribution in [0.25, 0.3) is 0 Å². The summed E-state index contributed by atoms with van der Waals surface area (Å²) in [5.74, 6) is 1.01. The SMILES string of the molecule is CC(=O)N1CCC(NC(=O)C2CC3CCCCC3N2)CC1.Cl. The molecule has 3 unspecified atom stereocenters. The van der Waals surface area contributed by atoms with Gasteiger partial charge in [-0.15, -0.1) is 12.4 Å². The molecule has 3 fully saturated rings. The highest BCUT2D eigenvalue weighted by atomic mass is 35.5. The van der Waals surface area contributed by atoms with Gasteiger partial charge in [-0.05, 0) is 38.0 Å². The van der Waals surface area contributed by atoms with Crippen molar-refractivity contribution in [3.05, 3.63) is 0 Å². The number of nitrogens with zero attached hydrogens (tertiary/aromatic N) is 1. The molecule has 2 saturated heterocycles. The van der Waals surface area contributed by atoms with Crippen LogP contribution in [0.4, 0.5) is 0 Å². The van der Waals surface area contributed by atoms with Crippen molar-refractivity contribution in [2.75, 3.05) is 13.1 Å². The molecule has 0 spiro atoms. The Bertz CT molecular complexity index is 396. The van der Waals surface area contributed by atoms with Gasteiger partial charge in [0.1, 0.15) is 0 Å². The van der Waals surface area contributed by atoms with Crippen LogP contribution in [-0.4, -0.2) is 47.9 Å². The van der Waals surface area contributed by atoms with Crippen molar-refractivity contribution in [1.29, 1.82) is 0 Å². The van der Waals surface area contributed by atoms with Crippen LogP contribution in [0, 0.1) is 5.92 Å². The molecule has 22 heavy (non-hydrogen) atoms. The van der Waals surface area contributed by atoms with Crippen molar-refractivity contribution < 1.29 is 9.59 Å². The van der Waals surface area contributed by atoms with Gasteiger partial charge in [0.25, 0.3) is 0 Å². The van der Waals surface area contributed by atoms with Gasteiger partial charge < -0.3 is 15.5 Å². The second kappa shape index (κ2) is 7.64. The Morgan fingerprint density at radius 2 is 1.77 bits per heavy atom. The van der Waals surface area contributed by atoms with Gasteiger partial charge in [-0.3, -0.25) is 9.59 Å². The minimum Gasteiger partial charge on any atom is -0.352 e. The molecule has 6 heteroatoms. The lowest BCUT2D eigenvalue weighted by Gasteiger charge is -2.32. The van der Waals surface area contributed by atoms with Gasteiger partial charge in [0.15, 0.2) is 0 Å². The lowest BCUT2D eigenvalue weighted by Crippen LogP contribution is -2.50. The van der Waals surface area contributed by atoms with Gasteiger partial charge in [-0.1, -0.05) is 12.8 Å². The number of halogens is 1. The molecular weight excluding hydrogens is 302 g/mol. The Balaban J connectivity index is 0.00000176. The van der Waals surface area contributed by atoms with E-state index in [1.807, 2.05) is 4.90 Å². The molecule has 5 nitrogen and oxygen atoms in total. The number of hydrogen-bond acceptors (Lipinski definition) is 3. The van der Waals surface area contributed by atoms with Gasteiger partial charge in [0.05, 0.1) is 6.04 Å². The molecule has 0 aromatic heterocycles. The van der Waals surface area contributed by atoms with Crippen LogP contribution in [-0.2, 0) is 9.59 Å². The lowest BCUT2D eigenvalue weighted by molar-refractivity contribution is -0.130. The van der Waals surface area contributed by atoms with Gasteiger partial charge in [-0.2, -0.15) is 0 Å². The summed E-state index contributed by atoms with van der Waals surface area (Å²) in [5, 5.41) is 6.72. The zero-order valence-corrected chi connectivity index (χ0v) is 14.2. The normalized spacial score (nSPS) is 32.0. The summed E-state index contributed by atoms with van der Waals surface area (Å²) in [6.45, 7) is 3.15. The first-order valence-corrected chi connectivity index (χ1v) is 8.45. The number of carbonyl (C=O) groups excluding carboxylic acids is 2. The van der Waals surface area contributed by atoms with E-state index in [1.165, 1.54) is 25.7 Å². The van der Waals surface area contributed by atoms with Crippen LogP contribution in [0.3, 0.4) is 0 Å². The molecule has 1 aliphatic carbocycles. The predicted molar refractivity (Wildman–Crippen MR) is 88.0 cm³/mol. The van der Waals surface area contributed by atoms with Gasteiger partial charge in [-0.25, -0.2) is 0 Å². The first kappa shape index (κ1) is 17.5. The van der Waals surface area contributed by atoms with E-state index in [0.717, 1.165) is 32.4 Å². The minimum atomic E-state index is 0. The number of rotatable bonds is 2. The maximum atomic E-state index is 12.4. The van der Waals surface area contributed by atoms with E-state index in [2.05, 4.69) is 10.6 Å². The molecule has 3 rings (SSSR count). The van der Waals surface area contributed by atoms with Crippen LogP contribution < -0.4 is 10.6 Å². The van der Waals surface area contributed by atoms with Gasteiger partial charge in [0.2, 0.25) is 11.8 Å². The highest BCUT2D eigenvalue weighted by Gasteiger charge is 2.38. The van der Waals surface area contributed by atoms with E-state index in [9.17, 15) is 9.59 Å². The number of nitrogens with one attached hydrogen (secondary N) is 2. The summed E-state index contributed by atoms with van der Waals surface area (Å²) in [5.41, 5.74) is 0. The van der Waals surface area contributed by atoms with E-state index in [1.54, 1.807) is 6.92 Å². The predicted octanol–water partition coefficient (Wildman–Crippen LogP) is 1.46. The standard InChI is InChI=1S/C16H27N3O2.ClH/c1-11(20)19-8-6-13(7-9-19)17-16(21)15-10-12-4-2-3-5-14(12)18-15;/h12-15,18H,2-10H2,1H3,(H,17,21);1H. The number of amides is 2. The Hall–Kier alpha value is -0.810. The van der Waals surface area contributed by atoms with Crippen molar-refractivity contribution in [1.82, 2.24) is 15.5 Å². The highest BCUT2D eigenvalue weighted by molar-refractivity contribution is 5.85. The number of piperidine rings is 1. The third-order valence-electron chi connectivity index (χ3n) is 5.47. The van der Waals surface area contributed by atoms with Crippen molar-refractivity contribution in [2.24, 2.45) is 5.92 Å². The third-order valence-corrected chi connectivity index (χ3v) is 5.47. The van der Waals surface area contributed by atoms with Crippen molar-refractivity contribution in [2.45, 2.75) is 70.0 Å². The zero-order chi connectivity index (χ0) is 14.8. The Kier molecular flexibility index (Phi) is 6.09. The van der Waals surface area contributed by atoms with E-state index in [0.29, 0.717) is 12.0 Å². The molecule has 0 bridgehead atoms. The molecule has 2 heterocycles. The fourth-order valence-corrected chi connectivity index (χ4v) is 4.16. The molecular formula is C16H28ClN3O2. The maximum Gasteiger partial charge on any atom is 0.237 e. The summed E-state index contributed by atoms with van der Waals surface area (Å²) in [6.07, 6.45) is 7.88. The van der Waals surface area contributed by atoms with E-state index < -0.39 is 0 Å². The highest BCUT2D eigenvalue weighted by Crippen LogP contribution is 2.33. The Morgan fingerprint density at radius 3 is 2.41 bits per heavy atom. The van der Waals surface area contributed by atoms with Crippen LogP contribution in [0.1, 0.15) is 51.9 Å². The van der Waals surface area contributed by atoms with Crippen molar-refractivity contribution in [3.8, 4) is 0 Å². The Labute approximate surface area is 139 Å². The van der Waals surface area contributed by atoms with Crippen LogP contribution in [0.15, 0.2) is 0 Å².